The fraction of sp³-hybridized carbons (Fsp3) is 0.407. The standard InChI is InChI=1S/C27H32ClN3O6/c1-4-6-7-8-20-17-21(26(37-30-20)19-10-11-22(28)23(16-19)31(33)34)27(32)29-14-13-18-9-12-24(35-3)25(15-18)36-5-2/h9-12,15-16H,4-8,13-14,17H2,1-3H3,(H,29,32). The van der Waals surface area contributed by atoms with Crippen molar-refractivity contribution in [1.29, 1.82) is 0 Å². The van der Waals surface area contributed by atoms with Crippen molar-refractivity contribution < 1.29 is 24.0 Å². The van der Waals surface area contributed by atoms with Crippen LogP contribution in [0.15, 0.2) is 47.1 Å². The molecule has 0 spiro atoms. The van der Waals surface area contributed by atoms with Crippen molar-refractivity contribution in [2.24, 2.45) is 5.16 Å². The molecule has 3 rings (SSSR count). The molecule has 2 aromatic carbocycles. The zero-order valence-corrected chi connectivity index (χ0v) is 22.1. The van der Waals surface area contributed by atoms with Crippen LogP contribution in [0.25, 0.3) is 5.76 Å². The van der Waals surface area contributed by atoms with Gasteiger partial charge in [0.2, 0.25) is 0 Å². The first-order chi connectivity index (χ1) is 17.9. The molecule has 2 aromatic rings. The number of methoxy groups -OCH3 is 1. The molecule has 0 aliphatic carbocycles. The van der Waals surface area contributed by atoms with E-state index in [0.29, 0.717) is 55.0 Å². The molecule has 198 valence electrons. The fourth-order valence-corrected chi connectivity index (χ4v) is 4.16. The van der Waals surface area contributed by atoms with Crippen LogP contribution >= 0.6 is 11.6 Å². The molecule has 0 saturated carbocycles. The quantitative estimate of drug-likeness (QED) is 0.191. The first-order valence-electron chi connectivity index (χ1n) is 12.4. The van der Waals surface area contributed by atoms with E-state index in [2.05, 4.69) is 17.4 Å². The summed E-state index contributed by atoms with van der Waals surface area (Å²) in [6.07, 6.45) is 4.64. The third-order valence-electron chi connectivity index (χ3n) is 5.90. The van der Waals surface area contributed by atoms with E-state index in [9.17, 15) is 14.9 Å². The number of nitrogens with one attached hydrogen (secondary N) is 1. The minimum Gasteiger partial charge on any atom is -0.493 e. The smallest absolute Gasteiger partial charge is 0.288 e. The summed E-state index contributed by atoms with van der Waals surface area (Å²) < 4.78 is 11.0. The molecule has 1 N–H and O–H groups in total. The Hall–Kier alpha value is -3.59. The molecule has 10 heteroatoms. The summed E-state index contributed by atoms with van der Waals surface area (Å²) in [7, 11) is 1.59. The van der Waals surface area contributed by atoms with Gasteiger partial charge in [-0.15, -0.1) is 0 Å². The van der Waals surface area contributed by atoms with Crippen molar-refractivity contribution in [2.45, 2.75) is 52.4 Å². The number of oxime groups is 1. The summed E-state index contributed by atoms with van der Waals surface area (Å²) in [6.45, 7) is 4.90. The maximum atomic E-state index is 13.3. The molecule has 0 bridgehead atoms. The van der Waals surface area contributed by atoms with E-state index in [1.807, 2.05) is 25.1 Å². The van der Waals surface area contributed by atoms with E-state index in [4.69, 9.17) is 25.9 Å². The fourth-order valence-electron chi connectivity index (χ4n) is 3.97. The topological polar surface area (TPSA) is 112 Å². The number of hydrogen-bond acceptors (Lipinski definition) is 7. The molecule has 37 heavy (non-hydrogen) atoms. The van der Waals surface area contributed by atoms with Gasteiger partial charge in [0.1, 0.15) is 5.02 Å². The van der Waals surface area contributed by atoms with Crippen molar-refractivity contribution >= 4 is 34.7 Å². The second kappa shape index (κ2) is 13.6. The first-order valence-corrected chi connectivity index (χ1v) is 12.7. The molecule has 0 fully saturated rings. The SMILES string of the molecule is CCCCCC1=NOC(c2ccc(Cl)c([N+](=O)[O-])c2)=C(C(=O)NCCc2ccc(OC)c(OCC)c2)C1. The van der Waals surface area contributed by atoms with Crippen LogP contribution in [0, 0.1) is 10.1 Å². The van der Waals surface area contributed by atoms with Crippen LogP contribution in [0.5, 0.6) is 11.5 Å². The molecule has 1 heterocycles. The number of benzene rings is 2. The van der Waals surface area contributed by atoms with E-state index in [1.54, 1.807) is 13.2 Å². The Kier molecular flexibility index (Phi) is 10.3. The van der Waals surface area contributed by atoms with Crippen molar-refractivity contribution in [1.82, 2.24) is 5.32 Å². The number of carbonyl (C=O) groups is 1. The predicted octanol–water partition coefficient (Wildman–Crippen LogP) is 6.08. The lowest BCUT2D eigenvalue weighted by atomic mass is 9.98. The first kappa shape index (κ1) is 28.0. The average molecular weight is 530 g/mol. The lowest BCUT2D eigenvalue weighted by molar-refractivity contribution is -0.384. The largest absolute Gasteiger partial charge is 0.493 e. The Bertz CT molecular complexity index is 1190. The maximum Gasteiger partial charge on any atom is 0.288 e. The number of nitro benzene ring substituents is 1. The monoisotopic (exact) mass is 529 g/mol. The highest BCUT2D eigenvalue weighted by molar-refractivity contribution is 6.32. The van der Waals surface area contributed by atoms with E-state index >= 15 is 0 Å². The van der Waals surface area contributed by atoms with Crippen LogP contribution in [-0.4, -0.2) is 36.8 Å². The zero-order valence-electron chi connectivity index (χ0n) is 21.3. The molecule has 0 unspecified atom stereocenters. The molecule has 0 atom stereocenters. The molecular weight excluding hydrogens is 498 g/mol. The lowest BCUT2D eigenvalue weighted by Crippen LogP contribution is -2.30. The summed E-state index contributed by atoms with van der Waals surface area (Å²) in [6, 6.07) is 9.96. The molecular formula is C27H32ClN3O6. The molecule has 1 amide bonds. The van der Waals surface area contributed by atoms with E-state index in [0.717, 1.165) is 30.5 Å². The molecule has 0 radical (unpaired) electrons. The van der Waals surface area contributed by atoms with E-state index < -0.39 is 4.92 Å². The minimum absolute atomic E-state index is 0.00540. The lowest BCUT2D eigenvalue weighted by Gasteiger charge is -2.20. The summed E-state index contributed by atoms with van der Waals surface area (Å²) in [5, 5.41) is 18.6. The summed E-state index contributed by atoms with van der Waals surface area (Å²) in [5.74, 6) is 1.18. The van der Waals surface area contributed by atoms with Crippen LogP contribution in [0.4, 0.5) is 5.69 Å². The number of ether oxygens (including phenoxy) is 2. The number of halogens is 1. The average Bonchev–Trinajstić information content (AvgIpc) is 2.89. The van der Waals surface area contributed by atoms with E-state index in [1.165, 1.54) is 12.1 Å². The van der Waals surface area contributed by atoms with Crippen LogP contribution in [-0.2, 0) is 16.1 Å². The Morgan fingerprint density at radius 1 is 1.16 bits per heavy atom. The Morgan fingerprint density at radius 2 is 1.97 bits per heavy atom. The number of hydrogen-bond donors (Lipinski definition) is 1. The normalized spacial score (nSPS) is 13.0. The van der Waals surface area contributed by atoms with Crippen LogP contribution in [0.1, 0.15) is 57.1 Å². The summed E-state index contributed by atoms with van der Waals surface area (Å²) in [5.41, 5.74) is 2.23. The van der Waals surface area contributed by atoms with Gasteiger partial charge in [-0.3, -0.25) is 14.9 Å². The maximum absolute atomic E-state index is 13.3. The third kappa shape index (κ3) is 7.45. The van der Waals surface area contributed by atoms with Gasteiger partial charge in [-0.1, -0.05) is 42.6 Å². The van der Waals surface area contributed by atoms with Crippen molar-refractivity contribution in [3.63, 3.8) is 0 Å². The molecule has 0 aromatic heterocycles. The highest BCUT2D eigenvalue weighted by Gasteiger charge is 2.26. The van der Waals surface area contributed by atoms with E-state index in [-0.39, 0.29) is 22.4 Å². The number of nitro groups is 1. The number of amides is 1. The van der Waals surface area contributed by atoms with Gasteiger partial charge >= 0.3 is 0 Å². The second-order valence-electron chi connectivity index (χ2n) is 8.54. The number of nitrogens with zero attached hydrogens (tertiary/aromatic N) is 2. The van der Waals surface area contributed by atoms with Gasteiger partial charge in [-0.05, 0) is 56.0 Å². The number of rotatable bonds is 13. The van der Waals surface area contributed by atoms with Gasteiger partial charge < -0.3 is 19.6 Å². The van der Waals surface area contributed by atoms with Gasteiger partial charge in [0.25, 0.3) is 11.6 Å². The molecule has 1 aliphatic heterocycles. The van der Waals surface area contributed by atoms with Gasteiger partial charge in [0, 0.05) is 24.6 Å². The highest BCUT2D eigenvalue weighted by Crippen LogP contribution is 2.33. The van der Waals surface area contributed by atoms with Crippen molar-refractivity contribution in [3.05, 3.63) is 68.2 Å². The van der Waals surface area contributed by atoms with Gasteiger partial charge in [-0.25, -0.2) is 0 Å². The van der Waals surface area contributed by atoms with Crippen molar-refractivity contribution in [3.8, 4) is 11.5 Å². The van der Waals surface area contributed by atoms with Gasteiger partial charge in [0.05, 0.1) is 29.9 Å². The van der Waals surface area contributed by atoms with Crippen LogP contribution in [0.2, 0.25) is 5.02 Å². The summed E-state index contributed by atoms with van der Waals surface area (Å²) >= 11 is 5.98. The number of carbonyl (C=O) groups excluding carboxylic acids is 1. The Labute approximate surface area is 221 Å². The molecule has 9 nitrogen and oxygen atoms in total. The second-order valence-corrected chi connectivity index (χ2v) is 8.94. The molecule has 0 saturated heterocycles. The Balaban J connectivity index is 1.79. The highest BCUT2D eigenvalue weighted by atomic mass is 35.5. The Morgan fingerprint density at radius 3 is 2.68 bits per heavy atom. The van der Waals surface area contributed by atoms with Crippen LogP contribution < -0.4 is 14.8 Å². The minimum atomic E-state index is -0.570. The van der Waals surface area contributed by atoms with Crippen molar-refractivity contribution in [2.75, 3.05) is 20.3 Å². The molecule has 1 aliphatic rings. The van der Waals surface area contributed by atoms with Gasteiger partial charge in [0.15, 0.2) is 17.3 Å². The van der Waals surface area contributed by atoms with Crippen LogP contribution in [0.3, 0.4) is 0 Å². The third-order valence-corrected chi connectivity index (χ3v) is 6.22. The predicted molar refractivity (Wildman–Crippen MR) is 143 cm³/mol. The number of unbranched alkanes of at least 4 members (excludes halogenated alkanes) is 2. The van der Waals surface area contributed by atoms with Gasteiger partial charge in [-0.2, -0.15) is 0 Å². The zero-order chi connectivity index (χ0) is 26.8. The summed E-state index contributed by atoms with van der Waals surface area (Å²) in [4.78, 5) is 29.8.